The average molecular weight is 485 g/mol. The largest absolute Gasteiger partial charge is 0.483 e. The first-order valence-corrected chi connectivity index (χ1v) is 11.4. The summed E-state index contributed by atoms with van der Waals surface area (Å²) in [6.45, 7) is 3.02. The zero-order valence-corrected chi connectivity index (χ0v) is 19.8. The Kier molecular flexibility index (Phi) is 5.80. The summed E-state index contributed by atoms with van der Waals surface area (Å²) < 4.78 is 16.5. The molecule has 1 heterocycles. The number of fused-ring (bicyclic) bond motifs is 3. The molecule has 3 aromatic rings. The Morgan fingerprint density at radius 1 is 0.889 bits per heavy atom. The molecule has 0 atom stereocenters. The second kappa shape index (κ2) is 8.96. The average Bonchev–Trinajstić information content (AvgIpc) is 3.19. The maximum atomic E-state index is 12.8. The lowest BCUT2D eigenvalue weighted by Crippen LogP contribution is -2.25. The van der Waals surface area contributed by atoms with Crippen molar-refractivity contribution < 1.29 is 33.4 Å². The van der Waals surface area contributed by atoms with Gasteiger partial charge in [0.15, 0.2) is 36.3 Å². The van der Waals surface area contributed by atoms with E-state index in [0.29, 0.717) is 28.3 Å². The van der Waals surface area contributed by atoms with E-state index in [1.165, 1.54) is 18.2 Å². The molecule has 0 radical (unpaired) electrons. The molecule has 1 aliphatic carbocycles. The molecule has 0 fully saturated rings. The molecule has 2 aliphatic rings. The number of hydrogen-bond acceptors (Lipinski definition) is 7. The Hall–Kier alpha value is -4.46. The van der Waals surface area contributed by atoms with E-state index in [9.17, 15) is 19.2 Å². The zero-order valence-electron chi connectivity index (χ0n) is 19.8. The first kappa shape index (κ1) is 23.3. The Bertz CT molecular complexity index is 1420. The minimum Gasteiger partial charge on any atom is -0.483 e. The number of ketones is 2. The van der Waals surface area contributed by atoms with Gasteiger partial charge in [0.05, 0.1) is 0 Å². The van der Waals surface area contributed by atoms with Crippen LogP contribution >= 0.6 is 0 Å². The second-order valence-corrected chi connectivity index (χ2v) is 9.24. The van der Waals surface area contributed by atoms with Gasteiger partial charge in [0.1, 0.15) is 5.60 Å². The lowest BCUT2D eigenvalue weighted by molar-refractivity contribution is -0.149. The number of carbonyl (C=O) groups excluding carboxylic acids is 4. The molecule has 182 valence electrons. The summed E-state index contributed by atoms with van der Waals surface area (Å²) >= 11 is 0. The highest BCUT2D eigenvalue weighted by atomic mass is 16.6. The number of ether oxygens (including phenoxy) is 3. The van der Waals surface area contributed by atoms with Gasteiger partial charge in [-0.3, -0.25) is 14.4 Å². The third-order valence-corrected chi connectivity index (χ3v) is 5.97. The van der Waals surface area contributed by atoms with Crippen LogP contribution in [0.2, 0.25) is 0 Å². The Labute approximate surface area is 207 Å². The maximum Gasteiger partial charge on any atom is 0.344 e. The van der Waals surface area contributed by atoms with E-state index < -0.39 is 18.5 Å². The van der Waals surface area contributed by atoms with E-state index in [2.05, 4.69) is 5.32 Å². The highest BCUT2D eigenvalue weighted by Crippen LogP contribution is 2.41. The van der Waals surface area contributed by atoms with Crippen molar-refractivity contribution in [2.45, 2.75) is 25.9 Å². The van der Waals surface area contributed by atoms with Crippen molar-refractivity contribution in [3.8, 4) is 11.5 Å². The molecule has 3 aromatic carbocycles. The molecule has 36 heavy (non-hydrogen) atoms. The van der Waals surface area contributed by atoms with Gasteiger partial charge in [-0.25, -0.2) is 4.79 Å². The molecule has 0 saturated carbocycles. The summed E-state index contributed by atoms with van der Waals surface area (Å²) in [5.74, 6) is -0.804. The molecule has 0 unspecified atom stereocenters. The van der Waals surface area contributed by atoms with Gasteiger partial charge in [0.25, 0.3) is 5.91 Å². The van der Waals surface area contributed by atoms with Gasteiger partial charge in [-0.1, -0.05) is 36.4 Å². The van der Waals surface area contributed by atoms with Crippen LogP contribution in [0.5, 0.6) is 11.5 Å². The summed E-state index contributed by atoms with van der Waals surface area (Å²) in [6, 6.07) is 16.6. The van der Waals surface area contributed by atoms with Crippen molar-refractivity contribution >= 4 is 29.1 Å². The number of esters is 1. The van der Waals surface area contributed by atoms with Crippen LogP contribution in [0.25, 0.3) is 0 Å². The smallest absolute Gasteiger partial charge is 0.344 e. The summed E-state index contributed by atoms with van der Waals surface area (Å²) in [6.07, 6.45) is 0.735. The molecular formula is C28H23NO7. The number of nitrogens with one attached hydrogen (secondary N) is 1. The molecule has 0 saturated heterocycles. The highest BCUT2D eigenvalue weighted by molar-refractivity contribution is 6.28. The van der Waals surface area contributed by atoms with E-state index in [1.807, 2.05) is 26.0 Å². The fourth-order valence-electron chi connectivity index (χ4n) is 4.40. The predicted octanol–water partition coefficient (Wildman–Crippen LogP) is 3.74. The number of para-hydroxylation sites is 1. The predicted molar refractivity (Wildman–Crippen MR) is 130 cm³/mol. The van der Waals surface area contributed by atoms with E-state index in [-0.39, 0.29) is 34.9 Å². The molecule has 0 aromatic heterocycles. The number of benzene rings is 3. The molecule has 1 amide bonds. The Balaban J connectivity index is 1.16. The first-order valence-electron chi connectivity index (χ1n) is 11.4. The third-order valence-electron chi connectivity index (χ3n) is 5.97. The number of rotatable bonds is 6. The topological polar surface area (TPSA) is 108 Å². The Morgan fingerprint density at radius 3 is 2.33 bits per heavy atom. The van der Waals surface area contributed by atoms with Crippen molar-refractivity contribution in [1.29, 1.82) is 0 Å². The molecular weight excluding hydrogens is 462 g/mol. The lowest BCUT2D eigenvalue weighted by atomic mass is 9.84. The fourth-order valence-corrected chi connectivity index (χ4v) is 4.40. The summed E-state index contributed by atoms with van der Waals surface area (Å²) in [7, 11) is 0. The second-order valence-electron chi connectivity index (χ2n) is 9.24. The van der Waals surface area contributed by atoms with E-state index in [1.54, 1.807) is 30.3 Å². The Morgan fingerprint density at radius 2 is 1.58 bits per heavy atom. The molecule has 1 aliphatic heterocycles. The monoisotopic (exact) mass is 485 g/mol. The van der Waals surface area contributed by atoms with Crippen molar-refractivity contribution in [3.63, 3.8) is 0 Å². The minimum atomic E-state index is -0.720. The van der Waals surface area contributed by atoms with Crippen LogP contribution in [0.15, 0.2) is 60.7 Å². The quantitative estimate of drug-likeness (QED) is 0.415. The van der Waals surface area contributed by atoms with Crippen LogP contribution in [0.4, 0.5) is 5.69 Å². The van der Waals surface area contributed by atoms with Crippen LogP contribution < -0.4 is 14.8 Å². The summed E-state index contributed by atoms with van der Waals surface area (Å²) in [5.41, 5.74) is 2.13. The van der Waals surface area contributed by atoms with Crippen LogP contribution in [0.1, 0.15) is 51.3 Å². The van der Waals surface area contributed by atoms with E-state index >= 15 is 0 Å². The van der Waals surface area contributed by atoms with Gasteiger partial charge in [-0.15, -0.1) is 0 Å². The number of anilines is 1. The van der Waals surface area contributed by atoms with Gasteiger partial charge in [0.2, 0.25) is 0 Å². The van der Waals surface area contributed by atoms with Crippen LogP contribution in [-0.2, 0) is 20.7 Å². The molecule has 0 spiro atoms. The highest BCUT2D eigenvalue weighted by Gasteiger charge is 2.32. The van der Waals surface area contributed by atoms with Crippen molar-refractivity contribution in [2.75, 3.05) is 18.5 Å². The molecule has 1 N–H and O–H groups in total. The van der Waals surface area contributed by atoms with Crippen molar-refractivity contribution in [3.05, 3.63) is 88.5 Å². The summed E-state index contributed by atoms with van der Waals surface area (Å²) in [4.78, 5) is 50.0. The maximum absolute atomic E-state index is 12.8. The molecule has 8 heteroatoms. The van der Waals surface area contributed by atoms with Gasteiger partial charge < -0.3 is 19.5 Å². The van der Waals surface area contributed by atoms with Crippen LogP contribution in [-0.4, -0.2) is 42.3 Å². The molecule has 8 nitrogen and oxygen atoms in total. The third kappa shape index (κ3) is 4.45. The van der Waals surface area contributed by atoms with E-state index in [0.717, 1.165) is 12.0 Å². The molecule has 0 bridgehead atoms. The zero-order chi connectivity index (χ0) is 25.4. The summed E-state index contributed by atoms with van der Waals surface area (Å²) in [5, 5.41) is 2.58. The number of carbonyl (C=O) groups is 4. The minimum absolute atomic E-state index is 0.211. The first-order chi connectivity index (χ1) is 17.2. The van der Waals surface area contributed by atoms with Gasteiger partial charge in [-0.05, 0) is 38.1 Å². The standard InChI is InChI=1S/C28H23NO7/c1-28(2)13-16-6-5-9-22(27(16)36-28)34-15-24(31)35-14-23(30)29-17-10-11-20-21(12-17)26(33)19-8-4-3-7-18(19)25(20)32/h3-12H,13-15H2,1-2H3,(H,29,30). The van der Waals surface area contributed by atoms with Crippen molar-refractivity contribution in [2.24, 2.45) is 0 Å². The number of amides is 1. The number of hydrogen-bond donors (Lipinski definition) is 1. The van der Waals surface area contributed by atoms with Gasteiger partial charge >= 0.3 is 5.97 Å². The fraction of sp³-hybridized carbons (Fsp3) is 0.214. The normalized spacial score (nSPS) is 14.7. The van der Waals surface area contributed by atoms with Gasteiger partial charge in [-0.2, -0.15) is 0 Å². The SMILES string of the molecule is CC1(C)Cc2cccc(OCC(=O)OCC(=O)Nc3ccc4c(c3)C(=O)c3ccccc3C4=O)c2O1. The van der Waals surface area contributed by atoms with Crippen molar-refractivity contribution in [1.82, 2.24) is 0 Å². The van der Waals surface area contributed by atoms with Gasteiger partial charge in [0, 0.05) is 39.9 Å². The van der Waals surface area contributed by atoms with Crippen LogP contribution in [0.3, 0.4) is 0 Å². The van der Waals surface area contributed by atoms with Crippen LogP contribution in [0, 0.1) is 0 Å². The van der Waals surface area contributed by atoms with E-state index in [4.69, 9.17) is 14.2 Å². The molecule has 5 rings (SSSR count). The lowest BCUT2D eigenvalue weighted by Gasteiger charge is -2.18.